The molecule has 1 aliphatic rings. The van der Waals surface area contributed by atoms with Crippen molar-refractivity contribution >= 4 is 29.3 Å². The standard InChI is InChI=1S/C21H24N2O3S/c24-15-13-16-8-6-7-14-23(16)21(26)20(25)22-18-11-4-5-12-19(18)27-17-9-2-1-3-10-17/h1-5,9-12,16,24H,6-8,13-15H2,(H,22,25). The lowest BCUT2D eigenvalue weighted by molar-refractivity contribution is -0.146. The molecular formula is C21H24N2O3S. The number of hydrogen-bond acceptors (Lipinski definition) is 4. The summed E-state index contributed by atoms with van der Waals surface area (Å²) in [6, 6.07) is 17.3. The third kappa shape index (κ3) is 5.11. The maximum Gasteiger partial charge on any atom is 0.313 e. The minimum absolute atomic E-state index is 0.0205. The molecule has 2 aromatic rings. The molecule has 1 aliphatic heterocycles. The number of nitrogens with one attached hydrogen (secondary N) is 1. The van der Waals surface area contributed by atoms with Gasteiger partial charge in [-0.1, -0.05) is 42.1 Å². The lowest BCUT2D eigenvalue weighted by Gasteiger charge is -2.35. The molecule has 0 spiro atoms. The van der Waals surface area contributed by atoms with Gasteiger partial charge in [0.05, 0.1) is 5.69 Å². The van der Waals surface area contributed by atoms with Gasteiger partial charge in [0.25, 0.3) is 0 Å². The van der Waals surface area contributed by atoms with Crippen LogP contribution in [0.4, 0.5) is 5.69 Å². The molecule has 0 aliphatic carbocycles. The van der Waals surface area contributed by atoms with Crippen LogP contribution in [0.25, 0.3) is 0 Å². The average molecular weight is 385 g/mol. The molecule has 0 bridgehead atoms. The van der Waals surface area contributed by atoms with E-state index < -0.39 is 11.8 Å². The Kier molecular flexibility index (Phi) is 6.90. The number of nitrogens with zero attached hydrogens (tertiary/aromatic N) is 1. The fourth-order valence-corrected chi connectivity index (χ4v) is 4.22. The van der Waals surface area contributed by atoms with Crippen LogP contribution in [0.15, 0.2) is 64.4 Å². The Labute approximate surface area is 163 Å². The van der Waals surface area contributed by atoms with Gasteiger partial charge in [0, 0.05) is 29.0 Å². The van der Waals surface area contributed by atoms with Gasteiger partial charge in [-0.3, -0.25) is 9.59 Å². The summed E-state index contributed by atoms with van der Waals surface area (Å²) in [4.78, 5) is 28.8. The van der Waals surface area contributed by atoms with Crippen LogP contribution in [0.1, 0.15) is 25.7 Å². The Hall–Kier alpha value is -2.31. The summed E-state index contributed by atoms with van der Waals surface area (Å²) in [5.41, 5.74) is 0.625. The number of piperidine rings is 1. The van der Waals surface area contributed by atoms with Gasteiger partial charge in [-0.15, -0.1) is 0 Å². The van der Waals surface area contributed by atoms with E-state index >= 15 is 0 Å². The van der Waals surface area contributed by atoms with Crippen molar-refractivity contribution < 1.29 is 14.7 Å². The smallest absolute Gasteiger partial charge is 0.313 e. The van der Waals surface area contributed by atoms with E-state index in [-0.39, 0.29) is 12.6 Å². The molecule has 1 heterocycles. The van der Waals surface area contributed by atoms with Gasteiger partial charge in [-0.05, 0) is 49.9 Å². The van der Waals surface area contributed by atoms with Crippen LogP contribution >= 0.6 is 11.8 Å². The van der Waals surface area contributed by atoms with Gasteiger partial charge in [-0.25, -0.2) is 0 Å². The second-order valence-corrected chi connectivity index (χ2v) is 7.64. The van der Waals surface area contributed by atoms with Crippen molar-refractivity contribution in [1.29, 1.82) is 0 Å². The number of para-hydroxylation sites is 1. The molecule has 2 amide bonds. The Balaban J connectivity index is 1.71. The van der Waals surface area contributed by atoms with Crippen LogP contribution in [0.5, 0.6) is 0 Å². The third-order valence-corrected chi connectivity index (χ3v) is 5.73. The lowest BCUT2D eigenvalue weighted by Crippen LogP contribution is -2.48. The normalized spacial score (nSPS) is 16.8. The summed E-state index contributed by atoms with van der Waals surface area (Å²) in [6.45, 7) is 0.587. The number of amides is 2. The number of rotatable bonds is 5. The van der Waals surface area contributed by atoms with E-state index in [1.165, 1.54) is 11.8 Å². The van der Waals surface area contributed by atoms with Gasteiger partial charge in [0.15, 0.2) is 0 Å². The predicted molar refractivity (Wildman–Crippen MR) is 107 cm³/mol. The maximum atomic E-state index is 12.7. The molecule has 0 radical (unpaired) electrons. The van der Waals surface area contributed by atoms with E-state index in [9.17, 15) is 14.7 Å². The highest BCUT2D eigenvalue weighted by molar-refractivity contribution is 7.99. The van der Waals surface area contributed by atoms with E-state index in [1.807, 2.05) is 48.5 Å². The zero-order valence-corrected chi connectivity index (χ0v) is 16.0. The minimum Gasteiger partial charge on any atom is -0.396 e. The van der Waals surface area contributed by atoms with E-state index in [2.05, 4.69) is 5.32 Å². The monoisotopic (exact) mass is 384 g/mol. The zero-order valence-electron chi connectivity index (χ0n) is 15.1. The van der Waals surface area contributed by atoms with E-state index in [4.69, 9.17) is 0 Å². The van der Waals surface area contributed by atoms with Crippen LogP contribution in [-0.2, 0) is 9.59 Å². The first kappa shape index (κ1) is 19.5. The van der Waals surface area contributed by atoms with Crippen molar-refractivity contribution in [2.45, 2.75) is 41.5 Å². The number of aliphatic hydroxyl groups excluding tert-OH is 1. The number of carbonyl (C=O) groups excluding carboxylic acids is 2. The molecule has 1 saturated heterocycles. The number of likely N-dealkylation sites (tertiary alicyclic amines) is 1. The second kappa shape index (κ2) is 9.58. The number of carbonyl (C=O) groups is 2. The van der Waals surface area contributed by atoms with E-state index in [1.54, 1.807) is 11.0 Å². The molecule has 1 fully saturated rings. The Morgan fingerprint density at radius 2 is 1.81 bits per heavy atom. The number of hydrogen-bond donors (Lipinski definition) is 2. The Bertz CT molecular complexity index is 780. The predicted octanol–water partition coefficient (Wildman–Crippen LogP) is 3.54. The van der Waals surface area contributed by atoms with Crippen LogP contribution in [-0.4, -0.2) is 41.0 Å². The van der Waals surface area contributed by atoms with Gasteiger partial charge in [0.1, 0.15) is 0 Å². The lowest BCUT2D eigenvalue weighted by atomic mass is 9.99. The Morgan fingerprint density at radius 1 is 1.07 bits per heavy atom. The molecule has 2 aromatic carbocycles. The van der Waals surface area contributed by atoms with Crippen molar-refractivity contribution in [3.8, 4) is 0 Å². The minimum atomic E-state index is -0.624. The molecule has 27 heavy (non-hydrogen) atoms. The van der Waals surface area contributed by atoms with Crippen LogP contribution < -0.4 is 5.32 Å². The highest BCUT2D eigenvalue weighted by Crippen LogP contribution is 2.33. The quantitative estimate of drug-likeness (QED) is 0.774. The summed E-state index contributed by atoms with van der Waals surface area (Å²) < 4.78 is 0. The number of benzene rings is 2. The first-order valence-corrected chi connectivity index (χ1v) is 10.1. The number of aliphatic hydroxyl groups is 1. The van der Waals surface area contributed by atoms with Crippen molar-refractivity contribution in [1.82, 2.24) is 4.90 Å². The first-order valence-electron chi connectivity index (χ1n) is 9.24. The highest BCUT2D eigenvalue weighted by atomic mass is 32.2. The molecule has 0 saturated carbocycles. The highest BCUT2D eigenvalue weighted by Gasteiger charge is 2.30. The molecule has 1 atom stereocenters. The number of anilines is 1. The first-order chi connectivity index (χ1) is 13.2. The summed E-state index contributed by atoms with van der Waals surface area (Å²) in [5.74, 6) is -1.14. The molecule has 142 valence electrons. The van der Waals surface area contributed by atoms with Gasteiger partial charge >= 0.3 is 11.8 Å². The van der Waals surface area contributed by atoms with Crippen LogP contribution in [0, 0.1) is 0 Å². The zero-order chi connectivity index (χ0) is 19.1. The third-order valence-electron chi connectivity index (χ3n) is 4.65. The molecular weight excluding hydrogens is 360 g/mol. The molecule has 6 heteroatoms. The fourth-order valence-electron chi connectivity index (χ4n) is 3.30. The SMILES string of the molecule is O=C(Nc1ccccc1Sc1ccccc1)C(=O)N1CCCCC1CCO. The molecule has 2 N–H and O–H groups in total. The Morgan fingerprint density at radius 3 is 2.59 bits per heavy atom. The van der Waals surface area contributed by atoms with Crippen molar-refractivity contribution in [2.75, 3.05) is 18.5 Å². The molecule has 0 aromatic heterocycles. The largest absolute Gasteiger partial charge is 0.396 e. The summed E-state index contributed by atoms with van der Waals surface area (Å²) in [6.07, 6.45) is 3.26. The fraction of sp³-hybridized carbons (Fsp3) is 0.333. The van der Waals surface area contributed by atoms with Crippen LogP contribution in [0.2, 0.25) is 0 Å². The molecule has 5 nitrogen and oxygen atoms in total. The van der Waals surface area contributed by atoms with Gasteiger partial charge in [-0.2, -0.15) is 0 Å². The molecule has 3 rings (SSSR count). The van der Waals surface area contributed by atoms with Crippen LogP contribution in [0.3, 0.4) is 0 Å². The average Bonchev–Trinajstić information content (AvgIpc) is 2.70. The summed E-state index contributed by atoms with van der Waals surface area (Å²) >= 11 is 1.54. The van der Waals surface area contributed by atoms with E-state index in [0.717, 1.165) is 29.1 Å². The van der Waals surface area contributed by atoms with Crippen molar-refractivity contribution in [3.63, 3.8) is 0 Å². The van der Waals surface area contributed by atoms with Gasteiger partial charge in [0.2, 0.25) is 0 Å². The maximum absolute atomic E-state index is 12.7. The summed E-state index contributed by atoms with van der Waals surface area (Å²) in [7, 11) is 0. The molecule has 1 unspecified atom stereocenters. The van der Waals surface area contributed by atoms with Crippen molar-refractivity contribution in [3.05, 3.63) is 54.6 Å². The topological polar surface area (TPSA) is 69.6 Å². The van der Waals surface area contributed by atoms with Crippen molar-refractivity contribution in [2.24, 2.45) is 0 Å². The van der Waals surface area contributed by atoms with Gasteiger partial charge < -0.3 is 15.3 Å². The van der Waals surface area contributed by atoms with E-state index in [0.29, 0.717) is 18.7 Å². The summed E-state index contributed by atoms with van der Waals surface area (Å²) in [5, 5.41) is 12.0. The second-order valence-electron chi connectivity index (χ2n) is 6.53.